The first-order chi connectivity index (χ1) is 6.11. The van der Waals surface area contributed by atoms with Crippen LogP contribution in [0.4, 0.5) is 0 Å². The number of rotatable bonds is 3. The van der Waals surface area contributed by atoms with Crippen molar-refractivity contribution in [2.75, 3.05) is 0 Å². The Morgan fingerprint density at radius 1 is 1.31 bits per heavy atom. The second-order valence-electron chi connectivity index (χ2n) is 3.42. The number of hydrogen-bond donors (Lipinski definition) is 0. The molecular weight excluding hydrogens is 184 g/mol. The Morgan fingerprint density at radius 2 is 1.85 bits per heavy atom. The van der Waals surface area contributed by atoms with Crippen molar-refractivity contribution in [2.24, 2.45) is 0 Å². The summed E-state index contributed by atoms with van der Waals surface area (Å²) in [5.41, 5.74) is 2.14. The van der Waals surface area contributed by atoms with Crippen molar-refractivity contribution in [3.63, 3.8) is 0 Å². The maximum absolute atomic E-state index is 6.17. The molecule has 0 spiro atoms. The quantitative estimate of drug-likeness (QED) is 0.730. The first-order valence-corrected chi connectivity index (χ1v) is 5.20. The van der Waals surface area contributed by atoms with Gasteiger partial charge in [-0.1, -0.05) is 25.4 Å². The molecule has 2 nitrogen and oxygen atoms in total. The van der Waals surface area contributed by atoms with Gasteiger partial charge in [0.25, 0.3) is 0 Å². The average Bonchev–Trinajstić information content (AvgIpc) is 2.36. The third-order valence-electron chi connectivity index (χ3n) is 2.60. The van der Waals surface area contributed by atoms with E-state index in [1.54, 1.807) is 0 Å². The molecule has 13 heavy (non-hydrogen) atoms. The highest BCUT2D eigenvalue weighted by Crippen LogP contribution is 2.25. The summed E-state index contributed by atoms with van der Waals surface area (Å²) in [5, 5.41) is 5.23. The van der Waals surface area contributed by atoms with E-state index in [9.17, 15) is 0 Å². The van der Waals surface area contributed by atoms with Crippen LogP contribution in [0, 0.1) is 13.8 Å². The zero-order valence-electron chi connectivity index (χ0n) is 8.76. The minimum absolute atomic E-state index is 0.444. The Kier molecular flexibility index (Phi) is 3.37. The monoisotopic (exact) mass is 200 g/mol. The number of halogens is 1. The Labute approximate surface area is 84.9 Å². The third-order valence-corrected chi connectivity index (χ3v) is 3.06. The van der Waals surface area contributed by atoms with Crippen LogP contribution in [-0.2, 0) is 0 Å². The lowest BCUT2D eigenvalue weighted by molar-refractivity contribution is 0.427. The van der Waals surface area contributed by atoms with Gasteiger partial charge in [0.1, 0.15) is 5.15 Å². The van der Waals surface area contributed by atoms with Crippen LogP contribution in [0.15, 0.2) is 0 Å². The molecule has 0 saturated carbocycles. The number of aromatic nitrogens is 2. The van der Waals surface area contributed by atoms with Crippen LogP contribution in [0.25, 0.3) is 0 Å². The minimum atomic E-state index is 0.444. The smallest absolute Gasteiger partial charge is 0.130 e. The van der Waals surface area contributed by atoms with Crippen molar-refractivity contribution in [1.29, 1.82) is 0 Å². The number of hydrogen-bond acceptors (Lipinski definition) is 1. The van der Waals surface area contributed by atoms with Crippen molar-refractivity contribution in [3.05, 3.63) is 16.4 Å². The van der Waals surface area contributed by atoms with Crippen LogP contribution in [0.1, 0.15) is 44.0 Å². The van der Waals surface area contributed by atoms with E-state index in [4.69, 9.17) is 11.6 Å². The van der Waals surface area contributed by atoms with Crippen LogP contribution < -0.4 is 0 Å². The highest BCUT2D eigenvalue weighted by molar-refractivity contribution is 6.30. The zero-order chi connectivity index (χ0) is 10.0. The van der Waals surface area contributed by atoms with E-state index in [0.717, 1.165) is 29.3 Å². The highest BCUT2D eigenvalue weighted by Gasteiger charge is 2.14. The van der Waals surface area contributed by atoms with E-state index < -0.39 is 0 Å². The zero-order valence-corrected chi connectivity index (χ0v) is 9.52. The molecule has 0 N–H and O–H groups in total. The fourth-order valence-electron chi connectivity index (χ4n) is 1.48. The molecule has 0 saturated heterocycles. The topological polar surface area (TPSA) is 17.8 Å². The van der Waals surface area contributed by atoms with Crippen molar-refractivity contribution >= 4 is 11.6 Å². The summed E-state index contributed by atoms with van der Waals surface area (Å²) in [6, 6.07) is 0.444. The molecule has 0 fully saturated rings. The van der Waals surface area contributed by atoms with Crippen LogP contribution in [-0.4, -0.2) is 9.78 Å². The fourth-order valence-corrected chi connectivity index (χ4v) is 1.79. The molecule has 74 valence electrons. The summed E-state index contributed by atoms with van der Waals surface area (Å²) in [5.74, 6) is 0. The summed E-state index contributed by atoms with van der Waals surface area (Å²) >= 11 is 6.17. The van der Waals surface area contributed by atoms with E-state index in [0.29, 0.717) is 6.04 Å². The third kappa shape index (κ3) is 1.88. The lowest BCUT2D eigenvalue weighted by Crippen LogP contribution is -2.08. The van der Waals surface area contributed by atoms with Gasteiger partial charge >= 0.3 is 0 Å². The lowest BCUT2D eigenvalue weighted by atomic mass is 10.2. The molecule has 1 aromatic heterocycles. The van der Waals surface area contributed by atoms with Crippen LogP contribution >= 0.6 is 11.6 Å². The minimum Gasteiger partial charge on any atom is -0.250 e. The maximum Gasteiger partial charge on any atom is 0.130 e. The predicted octanol–water partition coefficient (Wildman–Crippen LogP) is 3.51. The van der Waals surface area contributed by atoms with Gasteiger partial charge in [-0.15, -0.1) is 0 Å². The molecule has 0 aliphatic heterocycles. The summed E-state index contributed by atoms with van der Waals surface area (Å²) < 4.78 is 1.95. The first-order valence-electron chi connectivity index (χ1n) is 4.83. The normalized spacial score (nSPS) is 11.2. The van der Waals surface area contributed by atoms with Crippen molar-refractivity contribution in [2.45, 2.75) is 46.6 Å². The van der Waals surface area contributed by atoms with Crippen molar-refractivity contribution in [3.8, 4) is 0 Å². The highest BCUT2D eigenvalue weighted by atomic mass is 35.5. The van der Waals surface area contributed by atoms with E-state index in [-0.39, 0.29) is 0 Å². The van der Waals surface area contributed by atoms with Crippen LogP contribution in [0.3, 0.4) is 0 Å². The molecule has 1 rings (SSSR count). The molecule has 0 atom stereocenters. The van der Waals surface area contributed by atoms with Crippen molar-refractivity contribution < 1.29 is 0 Å². The SMILES string of the molecule is CCC(CC)n1nc(C)c(C)c1Cl. The molecule has 0 radical (unpaired) electrons. The average molecular weight is 201 g/mol. The second kappa shape index (κ2) is 4.14. The second-order valence-corrected chi connectivity index (χ2v) is 3.77. The number of aryl methyl sites for hydroxylation is 1. The summed E-state index contributed by atoms with van der Waals surface area (Å²) in [6.45, 7) is 8.34. The molecule has 0 unspecified atom stereocenters. The summed E-state index contributed by atoms with van der Waals surface area (Å²) in [6.07, 6.45) is 2.16. The Bertz CT molecular complexity index is 287. The van der Waals surface area contributed by atoms with Gasteiger partial charge in [0.2, 0.25) is 0 Å². The van der Waals surface area contributed by atoms with Crippen LogP contribution in [0.2, 0.25) is 5.15 Å². The van der Waals surface area contributed by atoms with E-state index in [1.807, 2.05) is 18.5 Å². The summed E-state index contributed by atoms with van der Waals surface area (Å²) in [7, 11) is 0. The van der Waals surface area contributed by atoms with Crippen LogP contribution in [0.5, 0.6) is 0 Å². The van der Waals surface area contributed by atoms with Gasteiger partial charge in [-0.25, -0.2) is 0 Å². The largest absolute Gasteiger partial charge is 0.250 e. The summed E-state index contributed by atoms with van der Waals surface area (Å²) in [4.78, 5) is 0. The molecule has 0 amide bonds. The molecule has 0 bridgehead atoms. The van der Waals surface area contributed by atoms with Gasteiger partial charge in [0.05, 0.1) is 11.7 Å². The van der Waals surface area contributed by atoms with Gasteiger partial charge in [-0.05, 0) is 26.7 Å². The molecule has 0 aliphatic carbocycles. The molecular formula is C10H17ClN2. The standard InChI is InChI=1S/C10H17ClN2/c1-5-9(6-2)13-10(11)7(3)8(4)12-13/h9H,5-6H2,1-4H3. The molecule has 0 aliphatic rings. The maximum atomic E-state index is 6.17. The number of nitrogens with zero attached hydrogens (tertiary/aromatic N) is 2. The predicted molar refractivity (Wildman–Crippen MR) is 56.3 cm³/mol. The first kappa shape index (κ1) is 10.6. The Morgan fingerprint density at radius 3 is 2.15 bits per heavy atom. The van der Waals surface area contributed by atoms with Crippen molar-refractivity contribution in [1.82, 2.24) is 9.78 Å². The van der Waals surface area contributed by atoms with Gasteiger partial charge in [-0.2, -0.15) is 5.10 Å². The lowest BCUT2D eigenvalue weighted by Gasteiger charge is -2.13. The fraction of sp³-hybridized carbons (Fsp3) is 0.700. The van der Waals surface area contributed by atoms with Gasteiger partial charge < -0.3 is 0 Å². The molecule has 3 heteroatoms. The molecule has 1 aromatic rings. The molecule has 0 aromatic carbocycles. The van der Waals surface area contributed by atoms with E-state index >= 15 is 0 Å². The van der Waals surface area contributed by atoms with E-state index in [1.165, 1.54) is 0 Å². The van der Waals surface area contributed by atoms with Gasteiger partial charge in [-0.3, -0.25) is 4.68 Å². The molecule has 1 heterocycles. The Balaban J connectivity index is 3.06. The van der Waals surface area contributed by atoms with Gasteiger partial charge in [0.15, 0.2) is 0 Å². The Hall–Kier alpha value is -0.500. The van der Waals surface area contributed by atoms with E-state index in [2.05, 4.69) is 18.9 Å². The van der Waals surface area contributed by atoms with Gasteiger partial charge in [0, 0.05) is 5.56 Å².